The molecule has 2 N–H and O–H groups in total. The first-order valence-electron chi connectivity index (χ1n) is 9.70. The van der Waals surface area contributed by atoms with Crippen LogP contribution in [0.25, 0.3) is 16.6 Å². The molecule has 3 heterocycles. The van der Waals surface area contributed by atoms with Gasteiger partial charge in [0.25, 0.3) is 5.91 Å². The van der Waals surface area contributed by atoms with Gasteiger partial charge in [0.15, 0.2) is 0 Å². The lowest BCUT2D eigenvalue weighted by Gasteiger charge is -2.33. The Bertz CT molecular complexity index is 1340. The van der Waals surface area contributed by atoms with Crippen LogP contribution in [-0.4, -0.2) is 45.9 Å². The third kappa shape index (κ3) is 3.15. The Labute approximate surface area is 183 Å². The molecule has 1 atom stereocenters. The van der Waals surface area contributed by atoms with Crippen LogP contribution in [0.2, 0.25) is 5.02 Å². The lowest BCUT2D eigenvalue weighted by Crippen LogP contribution is -2.36. The molecule has 158 valence electrons. The second-order valence-corrected chi connectivity index (χ2v) is 7.89. The number of ether oxygens (including phenoxy) is 2. The number of anilines is 1. The van der Waals surface area contributed by atoms with Crippen LogP contribution >= 0.6 is 11.6 Å². The van der Waals surface area contributed by atoms with Crippen LogP contribution in [0.4, 0.5) is 5.82 Å². The standard InChI is InChI=1S/C22H20ClN5O3/c1-27(20-10-31-9-12-5-13(30-2)3-4-14(12)20)22(29)15-6-18-17(7-16(15)23)26-21(24)19-8-25-11-28(18)19/h3-8,11,20H,9-10H2,1-2H3,(H2,24,26)/t20-/m1/s1. The van der Waals surface area contributed by atoms with E-state index in [4.69, 9.17) is 26.8 Å². The number of amides is 1. The molecule has 0 aliphatic carbocycles. The highest BCUT2D eigenvalue weighted by Gasteiger charge is 2.29. The van der Waals surface area contributed by atoms with Crippen molar-refractivity contribution in [2.75, 3.05) is 26.5 Å². The van der Waals surface area contributed by atoms with E-state index in [0.717, 1.165) is 16.9 Å². The number of benzene rings is 2. The van der Waals surface area contributed by atoms with Crippen LogP contribution in [0.3, 0.4) is 0 Å². The summed E-state index contributed by atoms with van der Waals surface area (Å²) in [5, 5.41) is 0.308. The maximum atomic E-state index is 13.5. The number of aromatic nitrogens is 3. The Morgan fingerprint density at radius 2 is 2.16 bits per heavy atom. The van der Waals surface area contributed by atoms with Crippen LogP contribution in [-0.2, 0) is 11.3 Å². The minimum absolute atomic E-state index is 0.214. The molecule has 1 aliphatic rings. The molecule has 1 aliphatic heterocycles. The summed E-state index contributed by atoms with van der Waals surface area (Å²) in [6.07, 6.45) is 3.27. The molecule has 4 aromatic rings. The number of imidazole rings is 1. The monoisotopic (exact) mass is 437 g/mol. The average Bonchev–Trinajstić information content (AvgIpc) is 3.28. The lowest BCUT2D eigenvalue weighted by molar-refractivity contribution is 0.0345. The number of rotatable bonds is 3. The number of likely N-dealkylation sites (N-methyl/N-ethyl adjacent to an activating group) is 1. The highest BCUT2D eigenvalue weighted by atomic mass is 35.5. The molecule has 1 amide bonds. The molecule has 0 saturated heterocycles. The van der Waals surface area contributed by atoms with E-state index in [2.05, 4.69) is 9.97 Å². The molecule has 31 heavy (non-hydrogen) atoms. The summed E-state index contributed by atoms with van der Waals surface area (Å²) in [7, 11) is 3.38. The number of carbonyl (C=O) groups excluding carboxylic acids is 1. The van der Waals surface area contributed by atoms with E-state index in [-0.39, 0.29) is 11.9 Å². The van der Waals surface area contributed by atoms with E-state index < -0.39 is 0 Å². The van der Waals surface area contributed by atoms with Gasteiger partial charge in [-0.25, -0.2) is 9.97 Å². The number of hydrogen-bond acceptors (Lipinski definition) is 6. The second-order valence-electron chi connectivity index (χ2n) is 7.48. The summed E-state index contributed by atoms with van der Waals surface area (Å²) in [5.41, 5.74) is 10.4. The molecule has 0 spiro atoms. The fourth-order valence-corrected chi connectivity index (χ4v) is 4.28. The Hall–Kier alpha value is -3.36. The summed E-state index contributed by atoms with van der Waals surface area (Å²) in [4.78, 5) is 23.7. The third-order valence-corrected chi connectivity index (χ3v) is 6.04. The van der Waals surface area contributed by atoms with Crippen molar-refractivity contribution < 1.29 is 14.3 Å². The number of carbonyl (C=O) groups is 1. The van der Waals surface area contributed by atoms with E-state index in [0.29, 0.717) is 46.2 Å². The number of nitrogens with two attached hydrogens (primary N) is 1. The van der Waals surface area contributed by atoms with Crippen molar-refractivity contribution >= 4 is 39.9 Å². The van der Waals surface area contributed by atoms with Crippen molar-refractivity contribution in [2.24, 2.45) is 0 Å². The van der Waals surface area contributed by atoms with E-state index in [1.165, 1.54) is 0 Å². The molecule has 0 saturated carbocycles. The van der Waals surface area contributed by atoms with Crippen molar-refractivity contribution in [1.82, 2.24) is 19.3 Å². The van der Waals surface area contributed by atoms with Gasteiger partial charge in [-0.15, -0.1) is 0 Å². The first kappa shape index (κ1) is 19.6. The summed E-state index contributed by atoms with van der Waals surface area (Å²) >= 11 is 6.50. The van der Waals surface area contributed by atoms with Gasteiger partial charge < -0.3 is 20.1 Å². The molecule has 2 aromatic heterocycles. The summed E-state index contributed by atoms with van der Waals surface area (Å²) in [6.45, 7) is 0.879. The van der Waals surface area contributed by atoms with Crippen LogP contribution in [0, 0.1) is 0 Å². The van der Waals surface area contributed by atoms with Crippen LogP contribution in [0.15, 0.2) is 42.9 Å². The average molecular weight is 438 g/mol. The van der Waals surface area contributed by atoms with Gasteiger partial charge >= 0.3 is 0 Å². The maximum absolute atomic E-state index is 13.5. The Kier molecular flexibility index (Phi) is 4.68. The number of hydrogen-bond donors (Lipinski definition) is 1. The van der Waals surface area contributed by atoms with Crippen molar-refractivity contribution in [3.63, 3.8) is 0 Å². The van der Waals surface area contributed by atoms with Crippen molar-refractivity contribution in [3.8, 4) is 5.75 Å². The zero-order valence-corrected chi connectivity index (χ0v) is 17.8. The normalized spacial score (nSPS) is 15.8. The Morgan fingerprint density at radius 3 is 2.97 bits per heavy atom. The predicted octanol–water partition coefficient (Wildman–Crippen LogP) is 3.47. The molecular formula is C22H20ClN5O3. The van der Waals surface area contributed by atoms with Crippen LogP contribution in [0.5, 0.6) is 5.75 Å². The largest absolute Gasteiger partial charge is 0.497 e. The topological polar surface area (TPSA) is 95.0 Å². The molecule has 0 fully saturated rings. The van der Waals surface area contributed by atoms with E-state index in [1.54, 1.807) is 48.1 Å². The van der Waals surface area contributed by atoms with Crippen molar-refractivity contribution in [1.29, 1.82) is 0 Å². The SMILES string of the molecule is COc1ccc2c(c1)COC[C@H]2N(C)C(=O)c1cc2c(cc1Cl)nc(N)c1cncn12. The van der Waals surface area contributed by atoms with Crippen LogP contribution in [0.1, 0.15) is 27.5 Å². The molecule has 0 radical (unpaired) electrons. The Balaban J connectivity index is 1.56. The zero-order valence-electron chi connectivity index (χ0n) is 17.0. The molecule has 2 aromatic carbocycles. The molecular weight excluding hydrogens is 418 g/mol. The van der Waals surface area contributed by atoms with E-state index >= 15 is 0 Å². The fraction of sp³-hybridized carbons (Fsp3) is 0.227. The summed E-state index contributed by atoms with van der Waals surface area (Å²) in [6, 6.07) is 8.96. The highest BCUT2D eigenvalue weighted by Crippen LogP contribution is 2.34. The first-order chi connectivity index (χ1) is 15.0. The number of nitrogen functional groups attached to an aromatic ring is 1. The molecule has 9 heteroatoms. The maximum Gasteiger partial charge on any atom is 0.255 e. The number of methoxy groups -OCH3 is 1. The molecule has 0 unspecified atom stereocenters. The van der Waals surface area contributed by atoms with Gasteiger partial charge in [0.05, 0.1) is 60.5 Å². The second kappa shape index (κ2) is 7.40. The molecule has 8 nitrogen and oxygen atoms in total. The van der Waals surface area contributed by atoms with E-state index in [9.17, 15) is 4.79 Å². The van der Waals surface area contributed by atoms with Gasteiger partial charge in [-0.2, -0.15) is 0 Å². The minimum Gasteiger partial charge on any atom is -0.497 e. The van der Waals surface area contributed by atoms with E-state index in [1.807, 2.05) is 18.2 Å². The quantitative estimate of drug-likeness (QED) is 0.527. The summed E-state index contributed by atoms with van der Waals surface area (Å²) < 4.78 is 12.9. The highest BCUT2D eigenvalue weighted by molar-refractivity contribution is 6.34. The lowest BCUT2D eigenvalue weighted by atomic mass is 9.97. The van der Waals surface area contributed by atoms with Gasteiger partial charge in [0, 0.05) is 7.05 Å². The predicted molar refractivity (Wildman–Crippen MR) is 117 cm³/mol. The van der Waals surface area contributed by atoms with Gasteiger partial charge in [-0.05, 0) is 35.4 Å². The Morgan fingerprint density at radius 1 is 1.32 bits per heavy atom. The van der Waals surface area contributed by atoms with Crippen LogP contribution < -0.4 is 10.5 Å². The fourth-order valence-electron chi connectivity index (χ4n) is 4.04. The number of halogens is 1. The van der Waals surface area contributed by atoms with Crippen molar-refractivity contribution in [3.05, 3.63) is 64.6 Å². The zero-order chi connectivity index (χ0) is 21.7. The van der Waals surface area contributed by atoms with Crippen molar-refractivity contribution in [2.45, 2.75) is 12.6 Å². The van der Waals surface area contributed by atoms with Gasteiger partial charge in [0.1, 0.15) is 17.1 Å². The smallest absolute Gasteiger partial charge is 0.255 e. The van der Waals surface area contributed by atoms with Gasteiger partial charge in [-0.1, -0.05) is 17.7 Å². The summed E-state index contributed by atoms with van der Waals surface area (Å²) in [5.74, 6) is 0.892. The third-order valence-electron chi connectivity index (χ3n) is 5.73. The molecule has 5 rings (SSSR count). The number of nitrogens with zero attached hydrogens (tertiary/aromatic N) is 4. The first-order valence-corrected chi connectivity index (χ1v) is 10.1. The van der Waals surface area contributed by atoms with Gasteiger partial charge in [0.2, 0.25) is 0 Å². The molecule has 0 bridgehead atoms. The minimum atomic E-state index is -0.244. The number of fused-ring (bicyclic) bond motifs is 4. The van der Waals surface area contributed by atoms with Gasteiger partial charge in [-0.3, -0.25) is 9.20 Å².